The smallest absolute Gasteiger partial charge is 0.200 e. The molecule has 0 amide bonds. The molecular weight excluding hydrogens is 228 g/mol. The number of aromatic amines is 1. The fourth-order valence-electron chi connectivity index (χ4n) is 1.66. The van der Waals surface area contributed by atoms with Gasteiger partial charge in [-0.15, -0.1) is 11.3 Å². The molecular formula is C9H8N4S2. The van der Waals surface area contributed by atoms with Crippen molar-refractivity contribution < 1.29 is 0 Å². The summed E-state index contributed by atoms with van der Waals surface area (Å²) in [5, 5.41) is 8.12. The molecule has 3 rings (SSSR count). The molecule has 4 nitrogen and oxygen atoms in total. The highest BCUT2D eigenvalue weighted by Gasteiger charge is 2.11. The number of thiophene rings is 1. The maximum atomic E-state index is 5.11. The Morgan fingerprint density at radius 1 is 1.47 bits per heavy atom. The Morgan fingerprint density at radius 3 is 3.07 bits per heavy atom. The van der Waals surface area contributed by atoms with Gasteiger partial charge in [-0.1, -0.05) is 0 Å². The minimum absolute atomic E-state index is 0.586. The van der Waals surface area contributed by atoms with Gasteiger partial charge in [0, 0.05) is 4.88 Å². The van der Waals surface area contributed by atoms with Crippen LogP contribution in [0.1, 0.15) is 10.4 Å². The number of aryl methyl sites for hydroxylation is 2. The molecule has 0 saturated heterocycles. The second kappa shape index (κ2) is 2.86. The van der Waals surface area contributed by atoms with Crippen LogP contribution in [0.15, 0.2) is 6.33 Å². The van der Waals surface area contributed by atoms with Crippen LogP contribution in [0.3, 0.4) is 0 Å². The van der Waals surface area contributed by atoms with Crippen molar-refractivity contribution in [1.29, 1.82) is 0 Å². The zero-order valence-corrected chi connectivity index (χ0v) is 9.87. The molecule has 0 aliphatic carbocycles. The van der Waals surface area contributed by atoms with E-state index in [1.165, 1.54) is 10.4 Å². The van der Waals surface area contributed by atoms with Crippen molar-refractivity contribution >= 4 is 39.4 Å². The van der Waals surface area contributed by atoms with Gasteiger partial charge in [0.2, 0.25) is 4.77 Å². The Balaban J connectivity index is 2.69. The first kappa shape index (κ1) is 8.99. The average Bonchev–Trinajstić information content (AvgIpc) is 2.71. The lowest BCUT2D eigenvalue weighted by Crippen LogP contribution is -1.87. The summed E-state index contributed by atoms with van der Waals surface area (Å²) in [4.78, 5) is 6.68. The zero-order valence-electron chi connectivity index (χ0n) is 8.24. The number of hydrogen-bond donors (Lipinski definition) is 1. The van der Waals surface area contributed by atoms with Crippen molar-refractivity contribution in [3.8, 4) is 0 Å². The molecule has 0 radical (unpaired) electrons. The number of rotatable bonds is 0. The third-order valence-electron chi connectivity index (χ3n) is 2.59. The molecule has 0 fully saturated rings. The van der Waals surface area contributed by atoms with E-state index in [0.717, 1.165) is 15.9 Å². The maximum absolute atomic E-state index is 5.11. The minimum Gasteiger partial charge on any atom is -0.258 e. The van der Waals surface area contributed by atoms with Crippen molar-refractivity contribution in [3.63, 3.8) is 0 Å². The van der Waals surface area contributed by atoms with Crippen LogP contribution in [0, 0.1) is 18.6 Å². The molecule has 0 atom stereocenters. The molecule has 0 unspecified atom stereocenters. The molecule has 0 bridgehead atoms. The van der Waals surface area contributed by atoms with Crippen molar-refractivity contribution in [2.75, 3.05) is 0 Å². The topological polar surface area (TPSA) is 46.0 Å². The second-order valence-electron chi connectivity index (χ2n) is 3.43. The van der Waals surface area contributed by atoms with Crippen LogP contribution < -0.4 is 0 Å². The van der Waals surface area contributed by atoms with Crippen LogP contribution in [0.4, 0.5) is 0 Å². The predicted molar refractivity (Wildman–Crippen MR) is 63.0 cm³/mol. The Hall–Kier alpha value is -1.27. The lowest BCUT2D eigenvalue weighted by molar-refractivity contribution is 1.05. The maximum Gasteiger partial charge on any atom is 0.200 e. The van der Waals surface area contributed by atoms with E-state index in [1.807, 2.05) is 0 Å². The summed E-state index contributed by atoms with van der Waals surface area (Å²) >= 11 is 6.80. The quantitative estimate of drug-likeness (QED) is 0.610. The van der Waals surface area contributed by atoms with Crippen molar-refractivity contribution in [2.45, 2.75) is 13.8 Å². The number of aromatic nitrogens is 4. The van der Waals surface area contributed by atoms with E-state index in [9.17, 15) is 0 Å². The molecule has 0 aromatic carbocycles. The summed E-state index contributed by atoms with van der Waals surface area (Å²) in [5.74, 6) is 0. The third-order valence-corrected chi connectivity index (χ3v) is 3.99. The van der Waals surface area contributed by atoms with Crippen LogP contribution in [0.25, 0.3) is 15.9 Å². The summed E-state index contributed by atoms with van der Waals surface area (Å²) in [7, 11) is 0. The van der Waals surface area contributed by atoms with Gasteiger partial charge in [0.1, 0.15) is 11.2 Å². The summed E-state index contributed by atoms with van der Waals surface area (Å²) in [6.07, 6.45) is 1.72. The van der Waals surface area contributed by atoms with Gasteiger partial charge in [0.15, 0.2) is 5.65 Å². The molecule has 0 aliphatic heterocycles. The normalized spacial score (nSPS) is 11.6. The van der Waals surface area contributed by atoms with Gasteiger partial charge < -0.3 is 0 Å². The Labute approximate surface area is 94.6 Å². The molecule has 0 aliphatic rings. The highest BCUT2D eigenvalue weighted by Crippen LogP contribution is 2.30. The van der Waals surface area contributed by atoms with E-state index in [2.05, 4.69) is 29.0 Å². The molecule has 6 heteroatoms. The van der Waals surface area contributed by atoms with Crippen LogP contribution in [0.2, 0.25) is 0 Å². The van der Waals surface area contributed by atoms with Gasteiger partial charge in [-0.25, -0.2) is 4.98 Å². The van der Waals surface area contributed by atoms with Gasteiger partial charge in [0.25, 0.3) is 0 Å². The van der Waals surface area contributed by atoms with Crippen LogP contribution in [-0.2, 0) is 0 Å². The molecule has 0 saturated carbocycles. The minimum atomic E-state index is 0.586. The number of nitrogens with zero attached hydrogens (tertiary/aromatic N) is 3. The first-order valence-corrected chi connectivity index (χ1v) is 5.72. The summed E-state index contributed by atoms with van der Waals surface area (Å²) in [6.45, 7) is 4.19. The number of hydrogen-bond acceptors (Lipinski definition) is 4. The SMILES string of the molecule is Cc1sc2ncn3c(=S)[nH]nc3c2c1C. The van der Waals surface area contributed by atoms with Crippen molar-refractivity contribution in [3.05, 3.63) is 21.5 Å². The summed E-state index contributed by atoms with van der Waals surface area (Å²) in [5.41, 5.74) is 2.11. The fraction of sp³-hybridized carbons (Fsp3) is 0.222. The van der Waals surface area contributed by atoms with Crippen molar-refractivity contribution in [2.24, 2.45) is 0 Å². The van der Waals surface area contributed by atoms with Gasteiger partial charge >= 0.3 is 0 Å². The lowest BCUT2D eigenvalue weighted by Gasteiger charge is -1.94. The average molecular weight is 236 g/mol. The predicted octanol–water partition coefficient (Wildman–Crippen LogP) is 2.62. The van der Waals surface area contributed by atoms with E-state index < -0.39 is 0 Å². The Kier molecular flexibility index (Phi) is 1.72. The monoisotopic (exact) mass is 236 g/mol. The van der Waals surface area contributed by atoms with Crippen LogP contribution >= 0.6 is 23.6 Å². The Bertz CT molecular complexity index is 719. The standard InChI is InChI=1S/C9H8N4S2/c1-4-5(2)15-8-6(4)7-11-12-9(14)13(7)3-10-8/h3H,1-2H3,(H,12,14). The summed E-state index contributed by atoms with van der Waals surface area (Å²) < 4.78 is 2.39. The van der Waals surface area contributed by atoms with E-state index in [0.29, 0.717) is 4.77 Å². The number of nitrogens with one attached hydrogen (secondary N) is 1. The molecule has 3 aromatic heterocycles. The lowest BCUT2D eigenvalue weighted by atomic mass is 10.2. The Morgan fingerprint density at radius 2 is 2.27 bits per heavy atom. The van der Waals surface area contributed by atoms with Gasteiger partial charge in [-0.3, -0.25) is 9.50 Å². The van der Waals surface area contributed by atoms with Gasteiger partial charge in [-0.05, 0) is 31.6 Å². The summed E-state index contributed by atoms with van der Waals surface area (Å²) in [6, 6.07) is 0. The highest BCUT2D eigenvalue weighted by atomic mass is 32.1. The van der Waals surface area contributed by atoms with Gasteiger partial charge in [0.05, 0.1) is 5.39 Å². The fourth-order valence-corrected chi connectivity index (χ4v) is 2.83. The number of H-pyrrole nitrogens is 1. The third kappa shape index (κ3) is 1.09. The molecule has 3 heterocycles. The van der Waals surface area contributed by atoms with E-state index in [-0.39, 0.29) is 0 Å². The molecule has 15 heavy (non-hydrogen) atoms. The second-order valence-corrected chi connectivity index (χ2v) is 5.02. The molecule has 3 aromatic rings. The first-order chi connectivity index (χ1) is 7.18. The molecule has 0 spiro atoms. The number of fused-ring (bicyclic) bond motifs is 3. The van der Waals surface area contributed by atoms with E-state index >= 15 is 0 Å². The van der Waals surface area contributed by atoms with E-state index in [4.69, 9.17) is 12.2 Å². The molecule has 1 N–H and O–H groups in total. The highest BCUT2D eigenvalue weighted by molar-refractivity contribution is 7.71. The molecule has 76 valence electrons. The van der Waals surface area contributed by atoms with Gasteiger partial charge in [-0.2, -0.15) is 5.10 Å². The first-order valence-electron chi connectivity index (χ1n) is 4.50. The van der Waals surface area contributed by atoms with Crippen LogP contribution in [0.5, 0.6) is 0 Å². The van der Waals surface area contributed by atoms with E-state index in [1.54, 1.807) is 22.1 Å². The van der Waals surface area contributed by atoms with Crippen LogP contribution in [-0.4, -0.2) is 19.6 Å². The van der Waals surface area contributed by atoms with Crippen molar-refractivity contribution in [1.82, 2.24) is 19.6 Å². The zero-order chi connectivity index (χ0) is 10.6. The largest absolute Gasteiger partial charge is 0.258 e.